The van der Waals surface area contributed by atoms with Gasteiger partial charge >= 0.3 is 0 Å². The summed E-state index contributed by atoms with van der Waals surface area (Å²) in [6.45, 7) is 2.83. The number of rotatable bonds is 7. The molecule has 0 aliphatic carbocycles. The van der Waals surface area contributed by atoms with Gasteiger partial charge in [-0.25, -0.2) is 15.0 Å². The lowest BCUT2D eigenvalue weighted by molar-refractivity contribution is 0.314. The third kappa shape index (κ3) is 3.85. The van der Waals surface area contributed by atoms with E-state index in [1.54, 1.807) is 6.92 Å². The van der Waals surface area contributed by atoms with Crippen molar-refractivity contribution in [2.75, 3.05) is 18.5 Å². The number of ether oxygens (including phenoxy) is 1. The highest BCUT2D eigenvalue weighted by Crippen LogP contribution is 2.37. The molecule has 0 spiro atoms. The molecule has 0 aliphatic rings. The van der Waals surface area contributed by atoms with Gasteiger partial charge in [0.25, 0.3) is 0 Å². The Balaban J connectivity index is 1.68. The fraction of sp³-hybridized carbons (Fsp3) is 0.211. The van der Waals surface area contributed by atoms with Crippen molar-refractivity contribution < 1.29 is 9.15 Å². The molecule has 0 unspecified atom stereocenters. The number of nitrogens with zero attached hydrogens (tertiary/aromatic N) is 5. The number of anilines is 2. The van der Waals surface area contributed by atoms with Crippen molar-refractivity contribution in [2.24, 2.45) is 5.73 Å². The number of aromatic amines is 1. The van der Waals surface area contributed by atoms with Gasteiger partial charge in [-0.05, 0) is 25.1 Å². The van der Waals surface area contributed by atoms with E-state index in [1.807, 2.05) is 24.3 Å². The Bertz CT molecular complexity index is 1170. The van der Waals surface area contributed by atoms with E-state index in [0.717, 1.165) is 17.5 Å². The Kier molecular flexibility index (Phi) is 5.05. The van der Waals surface area contributed by atoms with Crippen LogP contribution in [-0.4, -0.2) is 38.3 Å². The number of hydrogen-bond donors (Lipinski definition) is 3. The number of nitrogens with two attached hydrogens (primary N) is 1. The van der Waals surface area contributed by atoms with Crippen LogP contribution in [0.2, 0.25) is 0 Å². The van der Waals surface area contributed by atoms with E-state index in [2.05, 4.69) is 30.5 Å². The predicted octanol–water partition coefficient (Wildman–Crippen LogP) is 2.66. The summed E-state index contributed by atoms with van der Waals surface area (Å²) in [6, 6.07) is 7.45. The molecule has 3 heterocycles. The first-order valence-corrected chi connectivity index (χ1v) is 8.96. The molecular formula is C19H18N8O2. The van der Waals surface area contributed by atoms with Gasteiger partial charge in [-0.2, -0.15) is 10.4 Å². The minimum absolute atomic E-state index is 0.241. The maximum Gasteiger partial charge on any atom is 0.192 e. The Morgan fingerprint density at radius 2 is 2.17 bits per heavy atom. The van der Waals surface area contributed by atoms with Gasteiger partial charge in [0, 0.05) is 13.0 Å². The van der Waals surface area contributed by atoms with Crippen LogP contribution in [0.15, 0.2) is 35.0 Å². The van der Waals surface area contributed by atoms with Gasteiger partial charge in [-0.1, -0.05) is 0 Å². The van der Waals surface area contributed by atoms with Crippen molar-refractivity contribution in [2.45, 2.75) is 13.3 Å². The van der Waals surface area contributed by atoms with Crippen LogP contribution in [0.5, 0.6) is 5.75 Å². The van der Waals surface area contributed by atoms with Crippen LogP contribution in [0, 0.1) is 18.3 Å². The van der Waals surface area contributed by atoms with E-state index < -0.39 is 0 Å². The van der Waals surface area contributed by atoms with E-state index in [1.165, 1.54) is 12.4 Å². The maximum absolute atomic E-state index is 8.82. The zero-order valence-corrected chi connectivity index (χ0v) is 15.6. The fourth-order valence-electron chi connectivity index (χ4n) is 2.82. The third-order valence-electron chi connectivity index (χ3n) is 4.10. The van der Waals surface area contributed by atoms with Crippen molar-refractivity contribution in [1.82, 2.24) is 25.1 Å². The first-order chi connectivity index (χ1) is 14.2. The van der Waals surface area contributed by atoms with Crippen molar-refractivity contribution in [3.8, 4) is 23.1 Å². The predicted molar refractivity (Wildman–Crippen MR) is 106 cm³/mol. The van der Waals surface area contributed by atoms with Gasteiger partial charge in [0.05, 0.1) is 30.3 Å². The van der Waals surface area contributed by atoms with Gasteiger partial charge in [-0.3, -0.25) is 5.10 Å². The number of hydrogen-bond acceptors (Lipinski definition) is 9. The second kappa shape index (κ2) is 7.95. The smallest absolute Gasteiger partial charge is 0.192 e. The molecule has 0 fully saturated rings. The fourth-order valence-corrected chi connectivity index (χ4v) is 2.82. The van der Waals surface area contributed by atoms with Gasteiger partial charge in [0.15, 0.2) is 23.0 Å². The third-order valence-corrected chi connectivity index (χ3v) is 4.10. The molecule has 0 bridgehead atoms. The van der Waals surface area contributed by atoms with Crippen LogP contribution in [0.4, 0.5) is 11.6 Å². The molecule has 1 aromatic carbocycles. The maximum atomic E-state index is 8.82. The van der Waals surface area contributed by atoms with E-state index in [4.69, 9.17) is 20.1 Å². The van der Waals surface area contributed by atoms with E-state index in [-0.39, 0.29) is 5.69 Å². The summed E-state index contributed by atoms with van der Waals surface area (Å²) in [6.07, 6.45) is 3.59. The number of nitriles is 1. The number of nitrogens with one attached hydrogen (secondary N) is 2. The molecule has 10 nitrogen and oxygen atoms in total. The van der Waals surface area contributed by atoms with Gasteiger partial charge in [0.1, 0.15) is 23.2 Å². The summed E-state index contributed by atoms with van der Waals surface area (Å²) in [5, 5.41) is 19.1. The van der Waals surface area contributed by atoms with E-state index in [0.29, 0.717) is 47.7 Å². The van der Waals surface area contributed by atoms with E-state index >= 15 is 0 Å². The molecule has 10 heteroatoms. The Labute approximate surface area is 165 Å². The molecule has 4 rings (SSSR count). The van der Waals surface area contributed by atoms with Crippen LogP contribution in [0.1, 0.15) is 18.0 Å². The number of aryl methyl sites for hydroxylation is 1. The molecule has 0 radical (unpaired) electrons. The molecular weight excluding hydrogens is 372 g/mol. The average Bonchev–Trinajstić information content (AvgIpc) is 3.34. The molecule has 29 heavy (non-hydrogen) atoms. The summed E-state index contributed by atoms with van der Waals surface area (Å²) in [5.41, 5.74) is 8.57. The lowest BCUT2D eigenvalue weighted by Crippen LogP contribution is -2.06. The second-order valence-corrected chi connectivity index (χ2v) is 6.20. The van der Waals surface area contributed by atoms with Gasteiger partial charge in [0.2, 0.25) is 0 Å². The van der Waals surface area contributed by atoms with Crippen molar-refractivity contribution >= 4 is 22.7 Å². The number of oxazole rings is 1. The number of aromatic nitrogens is 5. The normalized spacial score (nSPS) is 10.8. The first-order valence-electron chi connectivity index (χ1n) is 8.96. The highest BCUT2D eigenvalue weighted by molar-refractivity contribution is 5.93. The monoisotopic (exact) mass is 390 g/mol. The number of fused-ring (bicyclic) bond motifs is 1. The molecule has 0 saturated carbocycles. The molecule has 4 aromatic rings. The summed E-state index contributed by atoms with van der Waals surface area (Å²) < 4.78 is 11.7. The van der Waals surface area contributed by atoms with Gasteiger partial charge < -0.3 is 20.2 Å². The SMILES string of the molecule is Cc1nc2ccc(OCCCN)c(-c3cc(Nc4cnc(C#N)cn4)n[nH]3)c2o1. The number of H-pyrrole nitrogens is 1. The summed E-state index contributed by atoms with van der Waals surface area (Å²) in [5.74, 6) is 2.21. The van der Waals surface area contributed by atoms with Crippen molar-refractivity contribution in [1.29, 1.82) is 5.26 Å². The lowest BCUT2D eigenvalue weighted by Gasteiger charge is -2.10. The van der Waals surface area contributed by atoms with Crippen molar-refractivity contribution in [3.63, 3.8) is 0 Å². The number of benzene rings is 1. The highest BCUT2D eigenvalue weighted by atomic mass is 16.5. The molecule has 146 valence electrons. The standard InChI is InChI=1S/C19H18N8O2/c1-11-24-13-3-4-15(28-6-2-5-20)18(19(13)29-11)14-7-16(27-26-14)25-17-10-22-12(8-21)9-23-17/h3-4,7,9-10H,2,5-6,20H2,1H3,(H2,23,25,26,27). The summed E-state index contributed by atoms with van der Waals surface area (Å²) in [4.78, 5) is 12.5. The lowest BCUT2D eigenvalue weighted by atomic mass is 10.1. The van der Waals surface area contributed by atoms with Crippen LogP contribution in [0.3, 0.4) is 0 Å². The Morgan fingerprint density at radius 1 is 1.28 bits per heavy atom. The Hall–Kier alpha value is -3.97. The quantitative estimate of drug-likeness (QED) is 0.404. The highest BCUT2D eigenvalue weighted by Gasteiger charge is 2.18. The summed E-state index contributed by atoms with van der Waals surface area (Å²) >= 11 is 0. The average molecular weight is 390 g/mol. The molecule has 0 atom stereocenters. The zero-order chi connectivity index (χ0) is 20.2. The Morgan fingerprint density at radius 3 is 2.93 bits per heavy atom. The molecule has 4 N–H and O–H groups in total. The minimum atomic E-state index is 0.241. The summed E-state index contributed by atoms with van der Waals surface area (Å²) in [7, 11) is 0. The van der Waals surface area contributed by atoms with Crippen LogP contribution in [0.25, 0.3) is 22.4 Å². The molecule has 3 aromatic heterocycles. The minimum Gasteiger partial charge on any atom is -0.493 e. The second-order valence-electron chi connectivity index (χ2n) is 6.20. The molecule has 0 saturated heterocycles. The zero-order valence-electron chi connectivity index (χ0n) is 15.6. The first kappa shape index (κ1) is 18.4. The van der Waals surface area contributed by atoms with Crippen molar-refractivity contribution in [3.05, 3.63) is 42.2 Å². The van der Waals surface area contributed by atoms with Crippen LogP contribution < -0.4 is 15.8 Å². The molecule has 0 aliphatic heterocycles. The van der Waals surface area contributed by atoms with Crippen LogP contribution >= 0.6 is 0 Å². The van der Waals surface area contributed by atoms with E-state index in [9.17, 15) is 0 Å². The molecule has 0 amide bonds. The van der Waals surface area contributed by atoms with Gasteiger partial charge in [-0.15, -0.1) is 0 Å². The largest absolute Gasteiger partial charge is 0.493 e. The topological polar surface area (TPSA) is 152 Å². The van der Waals surface area contributed by atoms with Crippen LogP contribution in [-0.2, 0) is 0 Å².